The van der Waals surface area contributed by atoms with Crippen molar-refractivity contribution in [3.05, 3.63) is 29.8 Å². The van der Waals surface area contributed by atoms with Crippen LogP contribution < -0.4 is 5.32 Å². The van der Waals surface area contributed by atoms with Gasteiger partial charge in [0.05, 0.1) is 5.56 Å². The quantitative estimate of drug-likeness (QED) is 0.870. The minimum Gasteiger partial charge on any atom is -0.387 e. The Bertz CT molecular complexity index is 440. The number of nitrogens with one attached hydrogen (secondary N) is 1. The Kier molecular flexibility index (Phi) is 3.60. The number of likely N-dealkylation sites (tertiary alicyclic amines) is 1. The normalized spacial score (nSPS) is 18.5. The van der Waals surface area contributed by atoms with Crippen molar-refractivity contribution in [1.82, 2.24) is 4.90 Å². The van der Waals surface area contributed by atoms with Crippen molar-refractivity contribution in [3.63, 3.8) is 0 Å². The van der Waals surface area contributed by atoms with Gasteiger partial charge in [-0.2, -0.15) is 0 Å². The summed E-state index contributed by atoms with van der Waals surface area (Å²) in [5.41, 5.74) is 1.92. The fourth-order valence-electron chi connectivity index (χ4n) is 2.65. The summed E-state index contributed by atoms with van der Waals surface area (Å²) >= 11 is 0. The minimum atomic E-state index is 0.146. The predicted molar refractivity (Wildman–Crippen MR) is 74.9 cm³/mol. The lowest BCUT2D eigenvalue weighted by Gasteiger charge is -2.38. The average Bonchev–Trinajstić information content (AvgIpc) is 2.36. The van der Waals surface area contributed by atoms with Gasteiger partial charge in [0.25, 0.3) is 5.91 Å². The molecule has 0 spiro atoms. The molecule has 1 aromatic rings. The standard InChI is InChI=1S/C15H22N2O/c1-15(2)9-6-10-17(11-15)14(18)12-7-4-5-8-13(12)16-3/h4-5,7-8,16H,6,9-11H2,1-3H3. The van der Waals surface area contributed by atoms with Crippen LogP contribution in [0.25, 0.3) is 0 Å². The summed E-state index contributed by atoms with van der Waals surface area (Å²) < 4.78 is 0. The van der Waals surface area contributed by atoms with E-state index in [1.165, 1.54) is 6.42 Å². The van der Waals surface area contributed by atoms with Crippen molar-refractivity contribution in [2.24, 2.45) is 5.41 Å². The Balaban J connectivity index is 2.20. The van der Waals surface area contributed by atoms with Gasteiger partial charge >= 0.3 is 0 Å². The van der Waals surface area contributed by atoms with Crippen LogP contribution in [-0.4, -0.2) is 30.9 Å². The number of carbonyl (C=O) groups is 1. The van der Waals surface area contributed by atoms with Crippen LogP contribution in [-0.2, 0) is 0 Å². The molecule has 0 saturated carbocycles. The molecule has 18 heavy (non-hydrogen) atoms. The van der Waals surface area contributed by atoms with Gasteiger partial charge in [-0.05, 0) is 30.4 Å². The number of nitrogens with zero attached hydrogens (tertiary/aromatic N) is 1. The first kappa shape index (κ1) is 12.9. The molecule has 0 bridgehead atoms. The summed E-state index contributed by atoms with van der Waals surface area (Å²) in [6.45, 7) is 6.19. The number of hydrogen-bond donors (Lipinski definition) is 1. The highest BCUT2D eigenvalue weighted by Crippen LogP contribution is 2.30. The second-order valence-electron chi connectivity index (χ2n) is 5.79. The van der Waals surface area contributed by atoms with E-state index in [4.69, 9.17) is 0 Å². The second-order valence-corrected chi connectivity index (χ2v) is 5.79. The molecular weight excluding hydrogens is 224 g/mol. The van der Waals surface area contributed by atoms with Crippen molar-refractivity contribution in [1.29, 1.82) is 0 Å². The highest BCUT2D eigenvalue weighted by atomic mass is 16.2. The summed E-state index contributed by atoms with van der Waals surface area (Å²) in [4.78, 5) is 14.5. The Labute approximate surface area is 109 Å². The molecule has 2 rings (SSSR count). The summed E-state index contributed by atoms with van der Waals surface area (Å²) in [7, 11) is 1.85. The van der Waals surface area contributed by atoms with Crippen LogP contribution >= 0.6 is 0 Å². The molecule has 98 valence electrons. The molecular formula is C15H22N2O. The Morgan fingerprint density at radius 2 is 2.06 bits per heavy atom. The maximum Gasteiger partial charge on any atom is 0.255 e. The zero-order valence-corrected chi connectivity index (χ0v) is 11.5. The number of benzene rings is 1. The van der Waals surface area contributed by atoms with Crippen LogP contribution in [0.4, 0.5) is 5.69 Å². The van der Waals surface area contributed by atoms with Crippen LogP contribution in [0.5, 0.6) is 0 Å². The van der Waals surface area contributed by atoms with E-state index in [0.29, 0.717) is 0 Å². The monoisotopic (exact) mass is 246 g/mol. The predicted octanol–water partition coefficient (Wildman–Crippen LogP) is 2.99. The van der Waals surface area contributed by atoms with Crippen LogP contribution in [0.15, 0.2) is 24.3 Å². The Morgan fingerprint density at radius 1 is 1.33 bits per heavy atom. The van der Waals surface area contributed by atoms with E-state index in [2.05, 4.69) is 19.2 Å². The van der Waals surface area contributed by atoms with Crippen LogP contribution in [0.2, 0.25) is 0 Å². The van der Waals surface area contributed by atoms with Crippen molar-refractivity contribution in [3.8, 4) is 0 Å². The average molecular weight is 246 g/mol. The second kappa shape index (κ2) is 5.01. The first-order chi connectivity index (χ1) is 8.53. The molecule has 1 saturated heterocycles. The van der Waals surface area contributed by atoms with E-state index in [1.807, 2.05) is 36.2 Å². The van der Waals surface area contributed by atoms with Crippen LogP contribution in [0, 0.1) is 5.41 Å². The van der Waals surface area contributed by atoms with Crippen molar-refractivity contribution in [2.75, 3.05) is 25.5 Å². The van der Waals surface area contributed by atoms with Crippen LogP contribution in [0.1, 0.15) is 37.0 Å². The molecule has 1 aliphatic rings. The molecule has 1 N–H and O–H groups in total. The lowest BCUT2D eigenvalue weighted by molar-refractivity contribution is 0.0584. The highest BCUT2D eigenvalue weighted by molar-refractivity contribution is 5.99. The minimum absolute atomic E-state index is 0.146. The number of para-hydroxylation sites is 1. The molecule has 1 aliphatic heterocycles. The Hall–Kier alpha value is -1.51. The lowest BCUT2D eigenvalue weighted by Crippen LogP contribution is -2.43. The van der Waals surface area contributed by atoms with E-state index in [0.717, 1.165) is 30.8 Å². The fraction of sp³-hybridized carbons (Fsp3) is 0.533. The number of rotatable bonds is 2. The first-order valence-corrected chi connectivity index (χ1v) is 6.59. The van der Waals surface area contributed by atoms with E-state index in [9.17, 15) is 4.79 Å². The van der Waals surface area contributed by atoms with E-state index in [-0.39, 0.29) is 11.3 Å². The molecule has 3 nitrogen and oxygen atoms in total. The molecule has 0 aliphatic carbocycles. The van der Waals surface area contributed by atoms with Crippen molar-refractivity contribution in [2.45, 2.75) is 26.7 Å². The van der Waals surface area contributed by atoms with E-state index < -0.39 is 0 Å². The number of carbonyl (C=O) groups excluding carboxylic acids is 1. The molecule has 0 radical (unpaired) electrons. The third kappa shape index (κ3) is 2.66. The van der Waals surface area contributed by atoms with Crippen LogP contribution in [0.3, 0.4) is 0 Å². The highest BCUT2D eigenvalue weighted by Gasteiger charge is 2.30. The smallest absolute Gasteiger partial charge is 0.255 e. The molecule has 1 aromatic carbocycles. The van der Waals surface area contributed by atoms with Gasteiger partial charge in [-0.15, -0.1) is 0 Å². The maximum atomic E-state index is 12.6. The first-order valence-electron chi connectivity index (χ1n) is 6.59. The summed E-state index contributed by atoms with van der Waals surface area (Å²) in [6, 6.07) is 7.71. The third-order valence-corrected chi connectivity index (χ3v) is 3.61. The van der Waals surface area contributed by atoms with Gasteiger partial charge in [0.2, 0.25) is 0 Å². The molecule has 1 heterocycles. The van der Waals surface area contributed by atoms with E-state index >= 15 is 0 Å². The summed E-state index contributed by atoms with van der Waals surface area (Å²) in [5.74, 6) is 0.146. The Morgan fingerprint density at radius 3 is 2.72 bits per heavy atom. The van der Waals surface area contributed by atoms with Crippen molar-refractivity contribution >= 4 is 11.6 Å². The van der Waals surface area contributed by atoms with Gasteiger partial charge in [0, 0.05) is 25.8 Å². The zero-order valence-electron chi connectivity index (χ0n) is 11.5. The zero-order chi connectivity index (χ0) is 13.2. The van der Waals surface area contributed by atoms with Crippen molar-refractivity contribution < 1.29 is 4.79 Å². The molecule has 0 atom stereocenters. The SMILES string of the molecule is CNc1ccccc1C(=O)N1CCCC(C)(C)C1. The lowest BCUT2D eigenvalue weighted by atomic mass is 9.84. The number of piperidine rings is 1. The third-order valence-electron chi connectivity index (χ3n) is 3.61. The summed E-state index contributed by atoms with van der Waals surface area (Å²) in [5, 5.41) is 3.09. The van der Waals surface area contributed by atoms with Gasteiger partial charge in [-0.1, -0.05) is 26.0 Å². The fourth-order valence-corrected chi connectivity index (χ4v) is 2.65. The van der Waals surface area contributed by atoms with E-state index in [1.54, 1.807) is 0 Å². The summed E-state index contributed by atoms with van der Waals surface area (Å²) in [6.07, 6.45) is 2.30. The van der Waals surface area contributed by atoms with Gasteiger partial charge in [0.1, 0.15) is 0 Å². The molecule has 0 aromatic heterocycles. The number of hydrogen-bond acceptors (Lipinski definition) is 2. The maximum absolute atomic E-state index is 12.6. The molecule has 1 amide bonds. The van der Waals surface area contributed by atoms with Gasteiger partial charge in [0.15, 0.2) is 0 Å². The molecule has 3 heteroatoms. The topological polar surface area (TPSA) is 32.3 Å². The van der Waals surface area contributed by atoms with Gasteiger partial charge in [-0.3, -0.25) is 4.79 Å². The number of anilines is 1. The number of amides is 1. The molecule has 0 unspecified atom stereocenters. The van der Waals surface area contributed by atoms with Gasteiger partial charge < -0.3 is 10.2 Å². The largest absolute Gasteiger partial charge is 0.387 e. The van der Waals surface area contributed by atoms with Gasteiger partial charge in [-0.25, -0.2) is 0 Å². The molecule has 1 fully saturated rings.